The molecule has 0 aromatic heterocycles. The molecule has 16 heavy (non-hydrogen) atoms. The Hall–Kier alpha value is -0.540. The average molecular weight is 285 g/mol. The molecule has 0 spiro atoms. The van der Waals surface area contributed by atoms with Crippen LogP contribution in [0, 0.1) is 20.8 Å². The van der Waals surface area contributed by atoms with Gasteiger partial charge < -0.3 is 9.84 Å². The van der Waals surface area contributed by atoms with Crippen LogP contribution in [0.5, 0.6) is 5.75 Å². The van der Waals surface area contributed by atoms with E-state index in [0.29, 0.717) is 0 Å². The zero-order valence-electron chi connectivity index (χ0n) is 9.93. The van der Waals surface area contributed by atoms with Crippen molar-refractivity contribution in [1.29, 1.82) is 0 Å². The van der Waals surface area contributed by atoms with E-state index in [9.17, 15) is 0 Å². The summed E-state index contributed by atoms with van der Waals surface area (Å²) in [5, 5.41) is 9.17. The van der Waals surface area contributed by atoms with Crippen molar-refractivity contribution in [3.63, 3.8) is 0 Å². The van der Waals surface area contributed by atoms with Crippen molar-refractivity contribution in [3.05, 3.63) is 26.7 Å². The highest BCUT2D eigenvalue weighted by Gasteiger charge is 2.24. The Labute approximate surface area is 105 Å². The predicted molar refractivity (Wildman–Crippen MR) is 68.2 cm³/mol. The van der Waals surface area contributed by atoms with E-state index in [4.69, 9.17) is 9.84 Å². The summed E-state index contributed by atoms with van der Waals surface area (Å²) in [6, 6.07) is 0. The first kappa shape index (κ1) is 11.9. The predicted octanol–water partition coefficient (Wildman–Crippen LogP) is 3.06. The van der Waals surface area contributed by atoms with Crippen molar-refractivity contribution >= 4 is 15.9 Å². The van der Waals surface area contributed by atoms with Crippen molar-refractivity contribution < 1.29 is 9.84 Å². The molecule has 1 aromatic carbocycles. The fourth-order valence-corrected chi connectivity index (χ4v) is 2.80. The molecule has 2 rings (SSSR count). The summed E-state index contributed by atoms with van der Waals surface area (Å²) < 4.78 is 7.05. The molecule has 1 heterocycles. The van der Waals surface area contributed by atoms with Crippen molar-refractivity contribution in [1.82, 2.24) is 0 Å². The largest absolute Gasteiger partial charge is 0.487 e. The summed E-state index contributed by atoms with van der Waals surface area (Å²) in [4.78, 5) is 0. The second kappa shape index (κ2) is 4.38. The maximum atomic E-state index is 9.17. The maximum Gasteiger partial charge on any atom is 0.126 e. The normalized spacial score (nSPS) is 19.2. The minimum Gasteiger partial charge on any atom is -0.487 e. The molecule has 3 heteroatoms. The Morgan fingerprint density at radius 1 is 1.25 bits per heavy atom. The third-order valence-electron chi connectivity index (χ3n) is 3.49. The smallest absolute Gasteiger partial charge is 0.126 e. The van der Waals surface area contributed by atoms with Crippen LogP contribution in [-0.2, 0) is 6.42 Å². The van der Waals surface area contributed by atoms with E-state index in [1.165, 1.54) is 26.7 Å². The van der Waals surface area contributed by atoms with Crippen molar-refractivity contribution in [2.24, 2.45) is 0 Å². The summed E-state index contributed by atoms with van der Waals surface area (Å²) in [7, 11) is 0. The van der Waals surface area contributed by atoms with Gasteiger partial charge in [-0.25, -0.2) is 0 Å². The first-order valence-electron chi connectivity index (χ1n) is 5.62. The van der Waals surface area contributed by atoms with Gasteiger partial charge in [0.25, 0.3) is 0 Å². The molecule has 1 aliphatic heterocycles. The van der Waals surface area contributed by atoms with Crippen LogP contribution in [0.15, 0.2) is 4.47 Å². The van der Waals surface area contributed by atoms with E-state index in [2.05, 4.69) is 36.7 Å². The highest BCUT2D eigenvalue weighted by molar-refractivity contribution is 9.10. The molecule has 1 aliphatic rings. The second-order valence-corrected chi connectivity index (χ2v) is 5.25. The Morgan fingerprint density at radius 3 is 2.56 bits per heavy atom. The van der Waals surface area contributed by atoms with Crippen molar-refractivity contribution in [2.75, 3.05) is 6.61 Å². The third kappa shape index (κ3) is 1.76. The molecule has 0 saturated heterocycles. The third-order valence-corrected chi connectivity index (χ3v) is 4.68. The van der Waals surface area contributed by atoms with Crippen LogP contribution in [0.1, 0.15) is 28.7 Å². The number of hydrogen-bond donors (Lipinski definition) is 1. The molecule has 1 aromatic rings. The molecule has 1 N–H and O–H groups in total. The molecule has 0 aliphatic carbocycles. The fourth-order valence-electron chi connectivity index (χ4n) is 2.27. The van der Waals surface area contributed by atoms with Crippen LogP contribution >= 0.6 is 15.9 Å². The number of aliphatic hydroxyl groups is 1. The van der Waals surface area contributed by atoms with Crippen molar-refractivity contribution in [2.45, 2.75) is 39.7 Å². The minimum atomic E-state index is -0.0359. The van der Waals surface area contributed by atoms with Gasteiger partial charge in [0.15, 0.2) is 0 Å². The van der Waals surface area contributed by atoms with Gasteiger partial charge in [0, 0.05) is 4.47 Å². The van der Waals surface area contributed by atoms with Crippen LogP contribution in [0.3, 0.4) is 0 Å². The van der Waals surface area contributed by atoms with Gasteiger partial charge in [-0.3, -0.25) is 0 Å². The van der Waals surface area contributed by atoms with Gasteiger partial charge in [-0.1, -0.05) is 15.9 Å². The van der Waals surface area contributed by atoms with E-state index in [-0.39, 0.29) is 12.7 Å². The standard InChI is InChI=1S/C13H17BrO2/c1-7-8(2)13-11(9(3)12(7)14)5-4-10(6-15)16-13/h10,15H,4-6H2,1-3H3. The zero-order valence-corrected chi connectivity index (χ0v) is 11.5. The molecule has 0 radical (unpaired) electrons. The van der Waals surface area contributed by atoms with Gasteiger partial charge in [0.05, 0.1) is 6.61 Å². The van der Waals surface area contributed by atoms with E-state index in [0.717, 1.165) is 18.6 Å². The monoisotopic (exact) mass is 284 g/mol. The highest BCUT2D eigenvalue weighted by Crippen LogP contribution is 2.39. The summed E-state index contributed by atoms with van der Waals surface area (Å²) >= 11 is 3.64. The van der Waals surface area contributed by atoms with Gasteiger partial charge in [-0.15, -0.1) is 0 Å². The first-order valence-corrected chi connectivity index (χ1v) is 6.41. The summed E-state index contributed by atoms with van der Waals surface area (Å²) in [5.74, 6) is 0.989. The fraction of sp³-hybridized carbons (Fsp3) is 0.538. The molecule has 1 unspecified atom stereocenters. The lowest BCUT2D eigenvalue weighted by molar-refractivity contribution is 0.0968. The lowest BCUT2D eigenvalue weighted by Gasteiger charge is -2.29. The van der Waals surface area contributed by atoms with Gasteiger partial charge in [0.1, 0.15) is 11.9 Å². The number of ether oxygens (including phenoxy) is 1. The lowest BCUT2D eigenvalue weighted by Crippen LogP contribution is -2.27. The number of aliphatic hydroxyl groups excluding tert-OH is 1. The molecular formula is C13H17BrO2. The van der Waals surface area contributed by atoms with Gasteiger partial charge in [-0.2, -0.15) is 0 Å². The topological polar surface area (TPSA) is 29.5 Å². The number of fused-ring (bicyclic) bond motifs is 1. The molecule has 0 fully saturated rings. The summed E-state index contributed by atoms with van der Waals surface area (Å²) in [5.41, 5.74) is 4.98. The lowest BCUT2D eigenvalue weighted by atomic mass is 9.93. The van der Waals surface area contributed by atoms with Gasteiger partial charge in [0.2, 0.25) is 0 Å². The Kier molecular flexibility index (Phi) is 3.27. The summed E-state index contributed by atoms with van der Waals surface area (Å²) in [6.07, 6.45) is 1.86. The van der Waals surface area contributed by atoms with E-state index < -0.39 is 0 Å². The summed E-state index contributed by atoms with van der Waals surface area (Å²) in [6.45, 7) is 6.40. The Balaban J connectivity index is 2.56. The Morgan fingerprint density at radius 2 is 1.94 bits per heavy atom. The van der Waals surface area contributed by atoms with E-state index >= 15 is 0 Å². The highest BCUT2D eigenvalue weighted by atomic mass is 79.9. The van der Waals surface area contributed by atoms with Crippen LogP contribution in [0.4, 0.5) is 0 Å². The van der Waals surface area contributed by atoms with Crippen LogP contribution < -0.4 is 4.74 Å². The average Bonchev–Trinajstić information content (AvgIpc) is 2.33. The Bertz CT molecular complexity index is 427. The van der Waals surface area contributed by atoms with Crippen LogP contribution in [0.2, 0.25) is 0 Å². The van der Waals surface area contributed by atoms with Gasteiger partial charge in [-0.05, 0) is 55.9 Å². The van der Waals surface area contributed by atoms with Crippen LogP contribution in [-0.4, -0.2) is 17.8 Å². The van der Waals surface area contributed by atoms with Crippen molar-refractivity contribution in [3.8, 4) is 5.75 Å². The molecule has 0 amide bonds. The first-order chi connectivity index (χ1) is 7.56. The molecule has 0 bridgehead atoms. The molecule has 0 saturated carbocycles. The van der Waals surface area contributed by atoms with Gasteiger partial charge >= 0.3 is 0 Å². The number of benzene rings is 1. The molecule has 1 atom stereocenters. The number of rotatable bonds is 1. The molecular weight excluding hydrogens is 268 g/mol. The minimum absolute atomic E-state index is 0.0359. The van der Waals surface area contributed by atoms with Crippen LogP contribution in [0.25, 0.3) is 0 Å². The van der Waals surface area contributed by atoms with E-state index in [1.807, 2.05) is 0 Å². The maximum absolute atomic E-state index is 9.17. The molecule has 2 nitrogen and oxygen atoms in total. The number of halogens is 1. The molecule has 88 valence electrons. The number of hydrogen-bond acceptors (Lipinski definition) is 2. The second-order valence-electron chi connectivity index (χ2n) is 4.46. The zero-order chi connectivity index (χ0) is 11.9. The van der Waals surface area contributed by atoms with E-state index in [1.54, 1.807) is 0 Å². The SMILES string of the molecule is Cc1c(C)c2c(c(C)c1Br)CCC(CO)O2. The quantitative estimate of drug-likeness (QED) is 0.859.